The van der Waals surface area contributed by atoms with Gasteiger partial charge in [0.1, 0.15) is 11.8 Å². The van der Waals surface area contributed by atoms with Crippen LogP contribution in [0.2, 0.25) is 10.0 Å². The average molecular weight is 488 g/mol. The normalized spacial score (nSPS) is 11.6. The van der Waals surface area contributed by atoms with Crippen LogP contribution < -0.4 is 10.1 Å². The second-order valence-electron chi connectivity index (χ2n) is 6.08. The third-order valence-electron chi connectivity index (χ3n) is 4.03. The number of nitrogens with zero attached hydrogens (tertiary/aromatic N) is 1. The van der Waals surface area contributed by atoms with Crippen molar-refractivity contribution in [1.82, 2.24) is 10.2 Å². The van der Waals surface area contributed by atoms with E-state index >= 15 is 0 Å². The van der Waals surface area contributed by atoms with Crippen molar-refractivity contribution in [1.29, 1.82) is 0 Å². The van der Waals surface area contributed by atoms with Crippen LogP contribution in [0.25, 0.3) is 0 Å². The van der Waals surface area contributed by atoms with Crippen LogP contribution in [-0.2, 0) is 16.1 Å². The molecule has 0 unspecified atom stereocenters. The highest BCUT2D eigenvalue weighted by atomic mass is 79.9. The number of halogens is 3. The molecule has 8 heteroatoms. The minimum Gasteiger partial charge on any atom is -0.482 e. The highest BCUT2D eigenvalue weighted by molar-refractivity contribution is 9.10. The second-order valence-corrected chi connectivity index (χ2v) is 7.84. The van der Waals surface area contributed by atoms with Crippen molar-refractivity contribution in [3.05, 3.63) is 62.5 Å². The molecular formula is C20H21BrCl2N2O3. The summed E-state index contributed by atoms with van der Waals surface area (Å²) >= 11 is 15.4. The first-order valence-electron chi connectivity index (χ1n) is 8.71. The summed E-state index contributed by atoms with van der Waals surface area (Å²) in [7, 11) is 0. The van der Waals surface area contributed by atoms with Gasteiger partial charge < -0.3 is 15.0 Å². The monoisotopic (exact) mass is 486 g/mol. The molecule has 0 saturated carbocycles. The Hall–Kier alpha value is -1.76. The summed E-state index contributed by atoms with van der Waals surface area (Å²) in [4.78, 5) is 26.6. The predicted molar refractivity (Wildman–Crippen MR) is 115 cm³/mol. The van der Waals surface area contributed by atoms with Crippen LogP contribution in [0.3, 0.4) is 0 Å². The molecule has 0 aliphatic heterocycles. The molecule has 0 saturated heterocycles. The Balaban J connectivity index is 2.15. The summed E-state index contributed by atoms with van der Waals surface area (Å²) in [6.07, 6.45) is 0. The first kappa shape index (κ1) is 22.5. The molecule has 0 aliphatic carbocycles. The van der Waals surface area contributed by atoms with Crippen molar-refractivity contribution in [2.45, 2.75) is 26.4 Å². The molecule has 2 rings (SSSR count). The summed E-state index contributed by atoms with van der Waals surface area (Å²) in [6, 6.07) is 11.6. The number of carbonyl (C=O) groups is 2. The smallest absolute Gasteiger partial charge is 0.261 e. The number of hydrogen-bond acceptors (Lipinski definition) is 3. The number of ether oxygens (including phenoxy) is 1. The van der Waals surface area contributed by atoms with Gasteiger partial charge in [-0.1, -0.05) is 51.3 Å². The van der Waals surface area contributed by atoms with E-state index in [1.54, 1.807) is 37.3 Å². The molecule has 0 radical (unpaired) electrons. The van der Waals surface area contributed by atoms with E-state index in [4.69, 9.17) is 27.9 Å². The molecule has 0 aliphatic rings. The van der Waals surface area contributed by atoms with Crippen LogP contribution in [0.5, 0.6) is 5.75 Å². The number of hydrogen-bond donors (Lipinski definition) is 1. The van der Waals surface area contributed by atoms with Gasteiger partial charge in [-0.3, -0.25) is 9.59 Å². The standard InChI is InChI=1S/C20H21BrCl2N2O3/c1-3-24-20(27)13(2)25(11-14-4-7-16(22)8-5-14)19(26)12-28-18-9-6-15(21)10-17(18)23/h4-10,13H,3,11-12H2,1-2H3,(H,24,27)/t13-/m1/s1. The zero-order chi connectivity index (χ0) is 20.7. The van der Waals surface area contributed by atoms with E-state index in [1.165, 1.54) is 4.90 Å². The zero-order valence-corrected chi connectivity index (χ0v) is 18.6. The van der Waals surface area contributed by atoms with E-state index < -0.39 is 6.04 Å². The maximum Gasteiger partial charge on any atom is 0.261 e. The van der Waals surface area contributed by atoms with Gasteiger partial charge in [0.2, 0.25) is 5.91 Å². The Kier molecular flexibility index (Phi) is 8.60. The Morgan fingerprint density at radius 2 is 1.86 bits per heavy atom. The Morgan fingerprint density at radius 1 is 1.18 bits per heavy atom. The SMILES string of the molecule is CCNC(=O)[C@@H](C)N(Cc1ccc(Cl)cc1)C(=O)COc1ccc(Br)cc1Cl. The average Bonchev–Trinajstić information content (AvgIpc) is 2.66. The fraction of sp³-hybridized carbons (Fsp3) is 0.300. The summed E-state index contributed by atoms with van der Waals surface area (Å²) in [5, 5.41) is 3.74. The molecule has 2 aromatic rings. The van der Waals surface area contributed by atoms with E-state index in [0.717, 1.165) is 10.0 Å². The Morgan fingerprint density at radius 3 is 2.46 bits per heavy atom. The molecule has 0 bridgehead atoms. The van der Waals surface area contributed by atoms with Crippen LogP contribution in [0.1, 0.15) is 19.4 Å². The lowest BCUT2D eigenvalue weighted by Crippen LogP contribution is -2.49. The van der Waals surface area contributed by atoms with Crippen molar-refractivity contribution in [3.63, 3.8) is 0 Å². The van der Waals surface area contributed by atoms with E-state index in [2.05, 4.69) is 21.2 Å². The summed E-state index contributed by atoms with van der Waals surface area (Å²) in [6.45, 7) is 4.02. The number of benzene rings is 2. The van der Waals surface area contributed by atoms with Crippen molar-refractivity contribution < 1.29 is 14.3 Å². The van der Waals surface area contributed by atoms with Crippen molar-refractivity contribution in [2.24, 2.45) is 0 Å². The van der Waals surface area contributed by atoms with Gasteiger partial charge in [-0.2, -0.15) is 0 Å². The number of carbonyl (C=O) groups excluding carboxylic acids is 2. The van der Waals surface area contributed by atoms with Gasteiger partial charge >= 0.3 is 0 Å². The predicted octanol–water partition coefficient (Wildman–Crippen LogP) is 4.69. The van der Waals surface area contributed by atoms with E-state index in [0.29, 0.717) is 22.3 Å². The van der Waals surface area contributed by atoms with Gasteiger partial charge in [0, 0.05) is 22.6 Å². The summed E-state index contributed by atoms with van der Waals surface area (Å²) in [5.74, 6) is -0.158. The van der Waals surface area contributed by atoms with Crippen LogP contribution in [0.4, 0.5) is 0 Å². The molecule has 150 valence electrons. The fourth-order valence-electron chi connectivity index (χ4n) is 2.51. The van der Waals surface area contributed by atoms with Crippen LogP contribution >= 0.6 is 39.1 Å². The lowest BCUT2D eigenvalue weighted by Gasteiger charge is -2.28. The molecule has 1 N–H and O–H groups in total. The van der Waals surface area contributed by atoms with Crippen molar-refractivity contribution >= 4 is 50.9 Å². The number of amides is 2. The molecule has 2 amide bonds. The van der Waals surface area contributed by atoms with Gasteiger partial charge in [0.25, 0.3) is 5.91 Å². The quantitative estimate of drug-likeness (QED) is 0.587. The molecule has 1 atom stereocenters. The molecule has 0 spiro atoms. The van der Waals surface area contributed by atoms with Gasteiger partial charge in [-0.25, -0.2) is 0 Å². The van der Waals surface area contributed by atoms with Crippen molar-refractivity contribution in [2.75, 3.05) is 13.2 Å². The van der Waals surface area contributed by atoms with Gasteiger partial charge in [-0.05, 0) is 49.7 Å². The maximum absolute atomic E-state index is 12.9. The molecule has 0 heterocycles. The van der Waals surface area contributed by atoms with Crippen molar-refractivity contribution in [3.8, 4) is 5.75 Å². The highest BCUT2D eigenvalue weighted by Crippen LogP contribution is 2.27. The Labute approximate surface area is 183 Å². The largest absolute Gasteiger partial charge is 0.482 e. The summed E-state index contributed by atoms with van der Waals surface area (Å²) in [5.41, 5.74) is 0.857. The first-order valence-corrected chi connectivity index (χ1v) is 10.3. The third-order valence-corrected chi connectivity index (χ3v) is 5.07. The molecule has 28 heavy (non-hydrogen) atoms. The molecule has 2 aromatic carbocycles. The molecule has 5 nitrogen and oxygen atoms in total. The molecule has 0 fully saturated rings. The Bertz CT molecular complexity index is 831. The lowest BCUT2D eigenvalue weighted by atomic mass is 10.1. The van der Waals surface area contributed by atoms with Gasteiger partial charge in [-0.15, -0.1) is 0 Å². The number of rotatable bonds is 8. The number of likely N-dealkylation sites (N-methyl/N-ethyl adjacent to an activating group) is 1. The van der Waals surface area contributed by atoms with Crippen LogP contribution in [0.15, 0.2) is 46.9 Å². The van der Waals surface area contributed by atoms with Gasteiger partial charge in [0.15, 0.2) is 6.61 Å². The second kappa shape index (κ2) is 10.7. The van der Waals surface area contributed by atoms with E-state index in [9.17, 15) is 9.59 Å². The summed E-state index contributed by atoms with van der Waals surface area (Å²) < 4.78 is 6.39. The minimum absolute atomic E-state index is 0.230. The molecular weight excluding hydrogens is 467 g/mol. The third kappa shape index (κ3) is 6.40. The van der Waals surface area contributed by atoms with Crippen LogP contribution in [-0.4, -0.2) is 35.9 Å². The molecule has 0 aromatic heterocycles. The first-order chi connectivity index (χ1) is 13.3. The minimum atomic E-state index is -0.660. The topological polar surface area (TPSA) is 58.6 Å². The number of nitrogens with one attached hydrogen (secondary N) is 1. The van der Waals surface area contributed by atoms with E-state index in [1.807, 2.05) is 19.1 Å². The van der Waals surface area contributed by atoms with E-state index in [-0.39, 0.29) is 25.0 Å². The zero-order valence-electron chi connectivity index (χ0n) is 15.5. The fourth-order valence-corrected chi connectivity index (χ4v) is 3.36. The van der Waals surface area contributed by atoms with Gasteiger partial charge in [0.05, 0.1) is 5.02 Å². The van der Waals surface area contributed by atoms with Crippen LogP contribution in [0, 0.1) is 0 Å². The maximum atomic E-state index is 12.9. The lowest BCUT2D eigenvalue weighted by molar-refractivity contribution is -0.142. The highest BCUT2D eigenvalue weighted by Gasteiger charge is 2.26.